The Morgan fingerprint density at radius 2 is 1.74 bits per heavy atom. The Morgan fingerprint density at radius 3 is 2.50 bits per heavy atom. The van der Waals surface area contributed by atoms with Crippen LogP contribution in [0.1, 0.15) is 42.4 Å². The summed E-state index contributed by atoms with van der Waals surface area (Å²) in [6.45, 7) is 4.98. The number of para-hydroxylation sites is 2. The summed E-state index contributed by atoms with van der Waals surface area (Å²) in [6.07, 6.45) is 0.579. The highest BCUT2D eigenvalue weighted by atomic mass is 16.6. The van der Waals surface area contributed by atoms with E-state index in [0.717, 1.165) is 61.2 Å². The number of carbonyl (C=O) groups excluding carboxylic acids is 1. The molecular weight excluding hydrogens is 426 g/mol. The maximum Gasteiger partial charge on any atom is 0.252 e. The van der Waals surface area contributed by atoms with Gasteiger partial charge in [0.15, 0.2) is 5.72 Å². The molecule has 1 fully saturated rings. The Balaban J connectivity index is 1.75. The molecule has 0 aliphatic carbocycles. The van der Waals surface area contributed by atoms with Gasteiger partial charge < -0.3 is 23.9 Å². The molecule has 2 aromatic heterocycles. The van der Waals surface area contributed by atoms with Crippen molar-refractivity contribution in [1.29, 1.82) is 0 Å². The fraction of sp³-hybridized carbons (Fsp3) is 0.321. The van der Waals surface area contributed by atoms with E-state index in [4.69, 9.17) is 9.47 Å². The van der Waals surface area contributed by atoms with E-state index in [-0.39, 0.29) is 24.2 Å². The number of nitrogens with one attached hydrogen (secondary N) is 1. The van der Waals surface area contributed by atoms with Gasteiger partial charge in [-0.25, -0.2) is 0 Å². The molecule has 1 amide bonds. The maximum absolute atomic E-state index is 13.3. The predicted octanol–water partition coefficient (Wildman–Crippen LogP) is 5.40. The minimum absolute atomic E-state index is 0.0131. The van der Waals surface area contributed by atoms with E-state index in [1.54, 1.807) is 7.11 Å². The second-order valence-electron chi connectivity index (χ2n) is 10.2. The zero-order valence-corrected chi connectivity index (χ0v) is 19.4. The highest BCUT2D eigenvalue weighted by molar-refractivity contribution is 6.31. The molecule has 0 spiro atoms. The number of rotatable bonds is 1. The van der Waals surface area contributed by atoms with Gasteiger partial charge in [-0.15, -0.1) is 0 Å². The summed E-state index contributed by atoms with van der Waals surface area (Å²) in [5, 5.41) is 7.58. The Hall–Kier alpha value is -3.35. The first-order valence-electron chi connectivity index (χ1n) is 12.0. The van der Waals surface area contributed by atoms with Crippen molar-refractivity contribution in [3.05, 3.63) is 59.7 Å². The van der Waals surface area contributed by atoms with Crippen molar-refractivity contribution in [3.63, 3.8) is 0 Å². The van der Waals surface area contributed by atoms with Gasteiger partial charge in [-0.05, 0) is 37.0 Å². The number of carbonyl (C=O) groups is 1. The fourth-order valence-electron chi connectivity index (χ4n) is 7.39. The summed E-state index contributed by atoms with van der Waals surface area (Å²) in [7, 11) is 1.79. The predicted molar refractivity (Wildman–Crippen MR) is 132 cm³/mol. The lowest BCUT2D eigenvalue weighted by Crippen LogP contribution is -2.53. The lowest BCUT2D eigenvalue weighted by Gasteiger charge is -2.47. The van der Waals surface area contributed by atoms with E-state index in [0.29, 0.717) is 6.54 Å². The molecule has 1 N–H and O–H groups in total. The van der Waals surface area contributed by atoms with Crippen LogP contribution in [0.4, 0.5) is 0 Å². The van der Waals surface area contributed by atoms with Crippen LogP contribution in [0.25, 0.3) is 43.6 Å². The van der Waals surface area contributed by atoms with E-state index >= 15 is 0 Å². The minimum atomic E-state index is -0.699. The second kappa shape index (κ2) is 6.01. The molecule has 0 unspecified atom stereocenters. The Kier molecular flexibility index (Phi) is 3.36. The molecule has 3 aliphatic heterocycles. The number of amides is 1. The van der Waals surface area contributed by atoms with E-state index in [9.17, 15) is 4.79 Å². The summed E-state index contributed by atoms with van der Waals surface area (Å²) in [5.41, 5.74) is 5.68. The average molecular weight is 452 g/mol. The molecule has 5 aromatic rings. The largest absolute Gasteiger partial charge is 0.376 e. The van der Waals surface area contributed by atoms with Crippen molar-refractivity contribution in [2.75, 3.05) is 7.11 Å². The van der Waals surface area contributed by atoms with E-state index < -0.39 is 5.72 Å². The number of benzene rings is 3. The lowest BCUT2D eigenvalue weighted by molar-refractivity contribution is -0.264. The molecule has 34 heavy (non-hydrogen) atoms. The van der Waals surface area contributed by atoms with Crippen LogP contribution in [0.5, 0.6) is 0 Å². The molecule has 0 saturated carbocycles. The van der Waals surface area contributed by atoms with Gasteiger partial charge in [-0.1, -0.05) is 43.3 Å². The summed E-state index contributed by atoms with van der Waals surface area (Å²) in [4.78, 5) is 13.3. The number of ether oxygens (including phenoxy) is 2. The zero-order chi connectivity index (χ0) is 22.9. The standard InChI is InChI=1S/C28H25N3O3/c1-14-12-20-30-18-10-6-4-8-15(18)22-23-17(13-29-27(23)32)21-16-9-5-7-11-19(16)31(25(21)24(22)30)28(2,34-20)26(14)33-3/h4-11,14,20,26H,12-13H2,1-3H3,(H,29,32)/t14-,20-,26-,28+/m0/s1. The van der Waals surface area contributed by atoms with Gasteiger partial charge in [0.25, 0.3) is 5.91 Å². The van der Waals surface area contributed by atoms with Crippen LogP contribution in [0.3, 0.4) is 0 Å². The topological polar surface area (TPSA) is 57.4 Å². The second-order valence-corrected chi connectivity index (χ2v) is 10.2. The number of hydrogen-bond acceptors (Lipinski definition) is 3. The number of aromatic nitrogens is 2. The zero-order valence-electron chi connectivity index (χ0n) is 19.4. The van der Waals surface area contributed by atoms with Crippen LogP contribution >= 0.6 is 0 Å². The number of hydrogen-bond donors (Lipinski definition) is 1. The van der Waals surface area contributed by atoms with Gasteiger partial charge in [-0.3, -0.25) is 4.79 Å². The van der Waals surface area contributed by atoms with Gasteiger partial charge in [0.2, 0.25) is 0 Å². The third kappa shape index (κ3) is 1.93. The Labute approximate surface area is 196 Å². The van der Waals surface area contributed by atoms with E-state index in [1.165, 1.54) is 0 Å². The summed E-state index contributed by atoms with van der Waals surface area (Å²) >= 11 is 0. The number of nitrogens with zero attached hydrogens (tertiary/aromatic N) is 2. The Bertz CT molecular complexity index is 1730. The first-order valence-corrected chi connectivity index (χ1v) is 12.0. The van der Waals surface area contributed by atoms with Crippen molar-refractivity contribution in [3.8, 4) is 0 Å². The molecular formula is C28H25N3O3. The summed E-state index contributed by atoms with van der Waals surface area (Å²) < 4.78 is 17.9. The van der Waals surface area contributed by atoms with Crippen molar-refractivity contribution in [2.24, 2.45) is 5.92 Å². The van der Waals surface area contributed by atoms with Gasteiger partial charge in [0.1, 0.15) is 12.3 Å². The molecule has 2 bridgehead atoms. The first-order chi connectivity index (χ1) is 16.5. The van der Waals surface area contributed by atoms with Gasteiger partial charge in [0.05, 0.1) is 27.6 Å². The average Bonchev–Trinajstić information content (AvgIpc) is 3.46. The highest BCUT2D eigenvalue weighted by Crippen LogP contribution is 2.54. The van der Waals surface area contributed by atoms with Gasteiger partial charge in [-0.2, -0.15) is 0 Å². The van der Waals surface area contributed by atoms with Crippen LogP contribution in [0, 0.1) is 5.92 Å². The SMILES string of the molecule is CO[C@H]1[C@@H](C)C[C@@H]2O[C@@]1(C)n1c3ccccc3c3c4c(c5c6ccccc6n2c5c31)C(=O)NC4. The van der Waals surface area contributed by atoms with Crippen LogP contribution < -0.4 is 5.32 Å². The quantitative estimate of drug-likeness (QED) is 0.371. The van der Waals surface area contributed by atoms with Crippen LogP contribution in [0.15, 0.2) is 48.5 Å². The van der Waals surface area contributed by atoms with Crippen LogP contribution in [-0.2, 0) is 21.7 Å². The molecule has 5 heterocycles. The van der Waals surface area contributed by atoms with Gasteiger partial charge >= 0.3 is 0 Å². The molecule has 3 aliphatic rings. The van der Waals surface area contributed by atoms with Crippen LogP contribution in [0.2, 0.25) is 0 Å². The van der Waals surface area contributed by atoms with Crippen molar-refractivity contribution < 1.29 is 14.3 Å². The maximum atomic E-state index is 13.3. The third-order valence-electron chi connectivity index (χ3n) is 8.49. The lowest BCUT2D eigenvalue weighted by atomic mass is 9.88. The molecule has 1 saturated heterocycles. The van der Waals surface area contributed by atoms with Crippen molar-refractivity contribution >= 4 is 49.5 Å². The van der Waals surface area contributed by atoms with E-state index in [2.05, 4.69) is 76.8 Å². The molecule has 6 heteroatoms. The third-order valence-corrected chi connectivity index (χ3v) is 8.49. The smallest absolute Gasteiger partial charge is 0.252 e. The van der Waals surface area contributed by atoms with E-state index in [1.807, 2.05) is 0 Å². The summed E-state index contributed by atoms with van der Waals surface area (Å²) in [5.74, 6) is 0.296. The van der Waals surface area contributed by atoms with Crippen molar-refractivity contribution in [1.82, 2.24) is 14.5 Å². The molecule has 3 aromatic carbocycles. The molecule has 170 valence electrons. The molecule has 0 radical (unpaired) electrons. The minimum Gasteiger partial charge on any atom is -0.376 e. The number of methoxy groups -OCH3 is 1. The Morgan fingerprint density at radius 1 is 1.03 bits per heavy atom. The number of fused-ring (bicyclic) bond motifs is 13. The summed E-state index contributed by atoms with van der Waals surface area (Å²) in [6, 6.07) is 16.9. The monoisotopic (exact) mass is 451 g/mol. The highest BCUT2D eigenvalue weighted by Gasteiger charge is 2.52. The first kappa shape index (κ1) is 19.0. The normalized spacial score (nSPS) is 27.7. The fourth-order valence-corrected chi connectivity index (χ4v) is 7.39. The van der Waals surface area contributed by atoms with Crippen molar-refractivity contribution in [2.45, 2.75) is 44.9 Å². The molecule has 8 rings (SSSR count). The van der Waals surface area contributed by atoms with Gasteiger partial charge in [0, 0.05) is 35.2 Å². The van der Waals surface area contributed by atoms with Crippen LogP contribution in [-0.4, -0.2) is 28.3 Å². The molecule has 6 nitrogen and oxygen atoms in total. The molecule has 4 atom stereocenters.